The van der Waals surface area contributed by atoms with E-state index in [0.29, 0.717) is 18.8 Å². The van der Waals surface area contributed by atoms with Crippen LogP contribution in [0.2, 0.25) is 0 Å². The van der Waals surface area contributed by atoms with Gasteiger partial charge in [-0.15, -0.1) is 0 Å². The van der Waals surface area contributed by atoms with Gasteiger partial charge in [0.05, 0.1) is 12.8 Å². The standard InChI is InChI=1S/C15H24FN3O2/c1-4-19(5-2)15(20)8-11(10-17)18-14-9-12(21-3)6-7-13(14)16/h6-7,9,11,18H,4-5,8,10,17H2,1-3H3. The molecule has 1 atom stereocenters. The predicted octanol–water partition coefficient (Wildman–Crippen LogP) is 1.83. The van der Waals surface area contributed by atoms with Gasteiger partial charge in [0.25, 0.3) is 0 Å². The van der Waals surface area contributed by atoms with Gasteiger partial charge in [-0.05, 0) is 26.0 Å². The van der Waals surface area contributed by atoms with Gasteiger partial charge in [-0.3, -0.25) is 4.79 Å². The Labute approximate surface area is 125 Å². The summed E-state index contributed by atoms with van der Waals surface area (Å²) in [4.78, 5) is 13.8. The quantitative estimate of drug-likeness (QED) is 0.768. The SMILES string of the molecule is CCN(CC)C(=O)CC(CN)Nc1cc(OC)ccc1F. The molecule has 0 aliphatic carbocycles. The van der Waals surface area contributed by atoms with Crippen LogP contribution < -0.4 is 15.8 Å². The van der Waals surface area contributed by atoms with Gasteiger partial charge in [0, 0.05) is 38.2 Å². The summed E-state index contributed by atoms with van der Waals surface area (Å²) in [6.45, 7) is 5.39. The van der Waals surface area contributed by atoms with Crippen LogP contribution in [0.4, 0.5) is 10.1 Å². The summed E-state index contributed by atoms with van der Waals surface area (Å²) in [5.41, 5.74) is 5.97. The van der Waals surface area contributed by atoms with Crippen LogP contribution in [0.15, 0.2) is 18.2 Å². The van der Waals surface area contributed by atoms with Gasteiger partial charge >= 0.3 is 0 Å². The van der Waals surface area contributed by atoms with Gasteiger partial charge in [-0.1, -0.05) is 0 Å². The van der Waals surface area contributed by atoms with Gasteiger partial charge in [-0.2, -0.15) is 0 Å². The van der Waals surface area contributed by atoms with Crippen LogP contribution in [0, 0.1) is 5.82 Å². The molecule has 1 amide bonds. The third-order valence-corrected chi connectivity index (χ3v) is 3.35. The molecule has 1 aromatic carbocycles. The molecule has 0 radical (unpaired) electrons. The number of nitrogens with zero attached hydrogens (tertiary/aromatic N) is 1. The molecule has 118 valence electrons. The fourth-order valence-electron chi connectivity index (χ4n) is 2.07. The fourth-order valence-corrected chi connectivity index (χ4v) is 2.07. The van der Waals surface area contributed by atoms with Crippen LogP contribution in [-0.2, 0) is 4.79 Å². The minimum absolute atomic E-state index is 0.00579. The molecule has 0 aliphatic rings. The molecule has 1 rings (SSSR count). The van der Waals surface area contributed by atoms with Gasteiger partial charge in [0.2, 0.25) is 5.91 Å². The van der Waals surface area contributed by atoms with Crippen molar-refractivity contribution in [1.82, 2.24) is 4.90 Å². The third-order valence-electron chi connectivity index (χ3n) is 3.35. The van der Waals surface area contributed by atoms with E-state index in [1.807, 2.05) is 13.8 Å². The number of ether oxygens (including phenoxy) is 1. The number of halogens is 1. The Morgan fingerprint density at radius 2 is 2.10 bits per heavy atom. The van der Waals surface area contributed by atoms with E-state index >= 15 is 0 Å². The Hall–Kier alpha value is -1.82. The van der Waals surface area contributed by atoms with Gasteiger partial charge in [0.1, 0.15) is 11.6 Å². The van der Waals surface area contributed by atoms with E-state index in [1.54, 1.807) is 17.0 Å². The first kappa shape index (κ1) is 17.2. The summed E-state index contributed by atoms with van der Waals surface area (Å²) in [6.07, 6.45) is 0.231. The average Bonchev–Trinajstić information content (AvgIpc) is 2.49. The van der Waals surface area contributed by atoms with Crippen molar-refractivity contribution in [2.75, 3.05) is 32.1 Å². The van der Waals surface area contributed by atoms with Crippen molar-refractivity contribution in [2.45, 2.75) is 26.3 Å². The minimum Gasteiger partial charge on any atom is -0.497 e. The van der Waals surface area contributed by atoms with E-state index in [2.05, 4.69) is 5.32 Å². The van der Waals surface area contributed by atoms with Crippen molar-refractivity contribution in [3.63, 3.8) is 0 Å². The van der Waals surface area contributed by atoms with Crippen molar-refractivity contribution in [1.29, 1.82) is 0 Å². The Balaban J connectivity index is 2.76. The zero-order valence-electron chi connectivity index (χ0n) is 12.9. The smallest absolute Gasteiger partial charge is 0.224 e. The van der Waals surface area contributed by atoms with Crippen molar-refractivity contribution in [3.05, 3.63) is 24.0 Å². The predicted molar refractivity (Wildman–Crippen MR) is 82.0 cm³/mol. The number of carbonyl (C=O) groups is 1. The fraction of sp³-hybridized carbons (Fsp3) is 0.533. The summed E-state index contributed by atoms with van der Waals surface area (Å²) in [5, 5.41) is 2.98. The van der Waals surface area contributed by atoms with Crippen LogP contribution >= 0.6 is 0 Å². The summed E-state index contributed by atoms with van der Waals surface area (Å²) < 4.78 is 18.8. The number of methoxy groups -OCH3 is 1. The molecule has 0 aromatic heterocycles. The molecule has 0 fully saturated rings. The second-order valence-corrected chi connectivity index (χ2v) is 4.69. The van der Waals surface area contributed by atoms with Crippen LogP contribution in [0.3, 0.4) is 0 Å². The van der Waals surface area contributed by atoms with Crippen LogP contribution in [0.25, 0.3) is 0 Å². The van der Waals surface area contributed by atoms with Crippen molar-refractivity contribution < 1.29 is 13.9 Å². The van der Waals surface area contributed by atoms with E-state index in [-0.39, 0.29) is 30.6 Å². The number of hydrogen-bond acceptors (Lipinski definition) is 4. The van der Waals surface area contributed by atoms with E-state index in [9.17, 15) is 9.18 Å². The number of nitrogens with two attached hydrogens (primary N) is 1. The van der Waals surface area contributed by atoms with Crippen LogP contribution in [-0.4, -0.2) is 43.6 Å². The Morgan fingerprint density at radius 1 is 1.43 bits per heavy atom. The number of nitrogens with one attached hydrogen (secondary N) is 1. The number of rotatable bonds is 8. The molecule has 1 aromatic rings. The number of anilines is 1. The van der Waals surface area contributed by atoms with Crippen molar-refractivity contribution in [3.8, 4) is 5.75 Å². The lowest BCUT2D eigenvalue weighted by atomic mass is 10.1. The van der Waals surface area contributed by atoms with Gasteiger partial charge in [0.15, 0.2) is 0 Å². The molecular formula is C15H24FN3O2. The molecule has 5 nitrogen and oxygen atoms in total. The highest BCUT2D eigenvalue weighted by Crippen LogP contribution is 2.22. The van der Waals surface area contributed by atoms with Gasteiger partial charge in [-0.25, -0.2) is 4.39 Å². The summed E-state index contributed by atoms with van der Waals surface area (Å²) in [7, 11) is 1.52. The third kappa shape index (κ3) is 4.90. The lowest BCUT2D eigenvalue weighted by molar-refractivity contribution is -0.131. The molecule has 1 unspecified atom stereocenters. The first-order valence-corrected chi connectivity index (χ1v) is 7.13. The van der Waals surface area contributed by atoms with Crippen molar-refractivity contribution >= 4 is 11.6 Å². The number of amides is 1. The first-order chi connectivity index (χ1) is 10.0. The molecule has 0 saturated heterocycles. The maximum absolute atomic E-state index is 13.8. The Kier molecular flexibility index (Phi) is 6.94. The summed E-state index contributed by atoms with van der Waals surface area (Å²) in [6, 6.07) is 4.10. The average molecular weight is 297 g/mol. The molecule has 0 aliphatic heterocycles. The minimum atomic E-state index is -0.399. The molecule has 0 heterocycles. The summed E-state index contributed by atoms with van der Waals surface area (Å²) >= 11 is 0. The lowest BCUT2D eigenvalue weighted by Crippen LogP contribution is -2.38. The number of benzene rings is 1. The Morgan fingerprint density at radius 3 is 2.62 bits per heavy atom. The normalized spacial score (nSPS) is 11.9. The number of hydrogen-bond donors (Lipinski definition) is 2. The highest BCUT2D eigenvalue weighted by molar-refractivity contribution is 5.77. The molecular weight excluding hydrogens is 273 g/mol. The van der Waals surface area contributed by atoms with E-state index in [1.165, 1.54) is 13.2 Å². The Bertz CT molecular complexity index is 464. The van der Waals surface area contributed by atoms with Crippen molar-refractivity contribution in [2.24, 2.45) is 5.73 Å². The van der Waals surface area contributed by atoms with E-state index in [0.717, 1.165) is 0 Å². The van der Waals surface area contributed by atoms with Crippen LogP contribution in [0.5, 0.6) is 5.75 Å². The highest BCUT2D eigenvalue weighted by Gasteiger charge is 2.17. The zero-order chi connectivity index (χ0) is 15.8. The molecule has 21 heavy (non-hydrogen) atoms. The second-order valence-electron chi connectivity index (χ2n) is 4.69. The molecule has 3 N–H and O–H groups in total. The molecule has 0 spiro atoms. The largest absolute Gasteiger partial charge is 0.497 e. The number of carbonyl (C=O) groups excluding carboxylic acids is 1. The lowest BCUT2D eigenvalue weighted by Gasteiger charge is -2.23. The second kappa shape index (κ2) is 8.46. The van der Waals surface area contributed by atoms with E-state index in [4.69, 9.17) is 10.5 Å². The maximum atomic E-state index is 13.8. The summed E-state index contributed by atoms with van der Waals surface area (Å²) in [5.74, 6) is 0.153. The van der Waals surface area contributed by atoms with Crippen LogP contribution in [0.1, 0.15) is 20.3 Å². The van der Waals surface area contributed by atoms with Gasteiger partial charge < -0.3 is 20.7 Å². The highest BCUT2D eigenvalue weighted by atomic mass is 19.1. The topological polar surface area (TPSA) is 67.6 Å². The molecule has 0 saturated carbocycles. The zero-order valence-corrected chi connectivity index (χ0v) is 12.9. The molecule has 0 bridgehead atoms. The monoisotopic (exact) mass is 297 g/mol. The maximum Gasteiger partial charge on any atom is 0.224 e. The van der Waals surface area contributed by atoms with E-state index < -0.39 is 5.82 Å². The first-order valence-electron chi connectivity index (χ1n) is 7.13. The molecule has 6 heteroatoms.